The van der Waals surface area contributed by atoms with Gasteiger partial charge in [-0.2, -0.15) is 0 Å². The first kappa shape index (κ1) is 10.3. The van der Waals surface area contributed by atoms with Gasteiger partial charge in [0.15, 0.2) is 5.79 Å². The van der Waals surface area contributed by atoms with Crippen LogP contribution in [0.3, 0.4) is 0 Å². The molecule has 0 unspecified atom stereocenters. The SMILES string of the molecule is OC[C@@H]1CC[C@@]2(Cc3ccccc3CO2)O1. The molecule has 0 aliphatic carbocycles. The third kappa shape index (κ3) is 1.65. The molecule has 2 atom stereocenters. The Hall–Kier alpha value is -0.900. The minimum Gasteiger partial charge on any atom is -0.394 e. The van der Waals surface area contributed by atoms with E-state index in [1.807, 2.05) is 6.07 Å². The van der Waals surface area contributed by atoms with E-state index in [2.05, 4.69) is 18.2 Å². The van der Waals surface area contributed by atoms with Crippen LogP contribution in [-0.2, 0) is 22.5 Å². The van der Waals surface area contributed by atoms with Crippen molar-refractivity contribution in [2.24, 2.45) is 0 Å². The van der Waals surface area contributed by atoms with Gasteiger partial charge >= 0.3 is 0 Å². The van der Waals surface area contributed by atoms with Gasteiger partial charge in [0, 0.05) is 12.8 Å². The van der Waals surface area contributed by atoms with Crippen molar-refractivity contribution < 1.29 is 14.6 Å². The van der Waals surface area contributed by atoms with Crippen molar-refractivity contribution in [3.05, 3.63) is 35.4 Å². The van der Waals surface area contributed by atoms with E-state index in [9.17, 15) is 0 Å². The van der Waals surface area contributed by atoms with Crippen molar-refractivity contribution >= 4 is 0 Å². The number of aliphatic hydroxyl groups excluding tert-OH is 1. The molecular weight excluding hydrogens is 204 g/mol. The Morgan fingerprint density at radius 3 is 2.88 bits per heavy atom. The van der Waals surface area contributed by atoms with Crippen LogP contribution in [0.15, 0.2) is 24.3 Å². The maximum Gasteiger partial charge on any atom is 0.173 e. The molecule has 0 aromatic heterocycles. The maximum absolute atomic E-state index is 9.09. The van der Waals surface area contributed by atoms with Crippen molar-refractivity contribution in [1.82, 2.24) is 0 Å². The van der Waals surface area contributed by atoms with Gasteiger partial charge in [0.25, 0.3) is 0 Å². The van der Waals surface area contributed by atoms with Gasteiger partial charge in [-0.1, -0.05) is 24.3 Å². The maximum atomic E-state index is 9.09. The lowest BCUT2D eigenvalue weighted by molar-refractivity contribution is -0.242. The van der Waals surface area contributed by atoms with Crippen molar-refractivity contribution in [3.63, 3.8) is 0 Å². The lowest BCUT2D eigenvalue weighted by Crippen LogP contribution is -2.39. The molecular formula is C13H16O3. The van der Waals surface area contributed by atoms with E-state index in [-0.39, 0.29) is 12.7 Å². The summed E-state index contributed by atoms with van der Waals surface area (Å²) in [4.78, 5) is 0. The van der Waals surface area contributed by atoms with Crippen molar-refractivity contribution in [1.29, 1.82) is 0 Å². The molecule has 0 amide bonds. The molecule has 3 rings (SSSR count). The van der Waals surface area contributed by atoms with E-state index in [0.717, 1.165) is 19.3 Å². The van der Waals surface area contributed by atoms with Gasteiger partial charge in [0.2, 0.25) is 0 Å². The predicted molar refractivity (Wildman–Crippen MR) is 58.9 cm³/mol. The average molecular weight is 220 g/mol. The van der Waals surface area contributed by atoms with Crippen LogP contribution >= 0.6 is 0 Å². The quantitative estimate of drug-likeness (QED) is 0.781. The highest BCUT2D eigenvalue weighted by Gasteiger charge is 2.43. The first-order valence-electron chi connectivity index (χ1n) is 5.81. The van der Waals surface area contributed by atoms with Gasteiger partial charge in [-0.25, -0.2) is 0 Å². The molecule has 0 bridgehead atoms. The molecule has 1 aromatic carbocycles. The molecule has 1 saturated heterocycles. The van der Waals surface area contributed by atoms with E-state index < -0.39 is 5.79 Å². The van der Waals surface area contributed by atoms with Gasteiger partial charge in [-0.3, -0.25) is 0 Å². The highest BCUT2D eigenvalue weighted by atomic mass is 16.7. The number of rotatable bonds is 1. The van der Waals surface area contributed by atoms with Gasteiger partial charge in [-0.05, 0) is 17.5 Å². The number of fused-ring (bicyclic) bond motifs is 1. The summed E-state index contributed by atoms with van der Waals surface area (Å²) >= 11 is 0. The number of benzene rings is 1. The first-order valence-corrected chi connectivity index (χ1v) is 5.81. The first-order chi connectivity index (χ1) is 7.81. The summed E-state index contributed by atoms with van der Waals surface area (Å²) in [5.41, 5.74) is 2.57. The third-order valence-electron chi connectivity index (χ3n) is 3.50. The fourth-order valence-corrected chi connectivity index (χ4v) is 2.59. The molecule has 1 N–H and O–H groups in total. The largest absolute Gasteiger partial charge is 0.394 e. The fraction of sp³-hybridized carbons (Fsp3) is 0.538. The average Bonchev–Trinajstić information content (AvgIpc) is 2.72. The van der Waals surface area contributed by atoms with Crippen LogP contribution in [0.4, 0.5) is 0 Å². The zero-order chi connectivity index (χ0) is 11.0. The highest BCUT2D eigenvalue weighted by molar-refractivity contribution is 5.29. The van der Waals surface area contributed by atoms with Crippen LogP contribution in [0.5, 0.6) is 0 Å². The lowest BCUT2D eigenvalue weighted by Gasteiger charge is -2.34. The molecule has 0 radical (unpaired) electrons. The summed E-state index contributed by atoms with van der Waals surface area (Å²) in [7, 11) is 0. The number of aliphatic hydroxyl groups is 1. The highest BCUT2D eigenvalue weighted by Crippen LogP contribution is 2.38. The molecule has 3 nitrogen and oxygen atoms in total. The second-order valence-corrected chi connectivity index (χ2v) is 4.61. The van der Waals surface area contributed by atoms with Gasteiger partial charge in [-0.15, -0.1) is 0 Å². The molecule has 2 heterocycles. The topological polar surface area (TPSA) is 38.7 Å². The summed E-state index contributed by atoms with van der Waals surface area (Å²) in [5.74, 6) is -0.470. The summed E-state index contributed by atoms with van der Waals surface area (Å²) in [6, 6.07) is 8.32. The lowest BCUT2D eigenvalue weighted by atomic mass is 9.95. The third-order valence-corrected chi connectivity index (χ3v) is 3.50. The second kappa shape index (κ2) is 3.84. The van der Waals surface area contributed by atoms with Crippen LogP contribution in [-0.4, -0.2) is 23.6 Å². The molecule has 1 aromatic rings. The zero-order valence-electron chi connectivity index (χ0n) is 9.19. The van der Waals surface area contributed by atoms with Crippen LogP contribution in [0.1, 0.15) is 24.0 Å². The monoisotopic (exact) mass is 220 g/mol. The summed E-state index contributed by atoms with van der Waals surface area (Å²) < 4.78 is 11.7. The summed E-state index contributed by atoms with van der Waals surface area (Å²) in [6.07, 6.45) is 2.52. The molecule has 1 spiro atoms. The summed E-state index contributed by atoms with van der Waals surface area (Å²) in [6.45, 7) is 0.709. The molecule has 2 aliphatic rings. The minimum atomic E-state index is -0.470. The van der Waals surface area contributed by atoms with Crippen LogP contribution in [0.25, 0.3) is 0 Å². The molecule has 16 heavy (non-hydrogen) atoms. The Morgan fingerprint density at radius 2 is 2.12 bits per heavy atom. The molecule has 1 fully saturated rings. The van der Waals surface area contributed by atoms with Gasteiger partial charge in [0.05, 0.1) is 19.3 Å². The minimum absolute atomic E-state index is 0.0507. The Bertz CT molecular complexity index is 391. The van der Waals surface area contributed by atoms with Crippen LogP contribution in [0.2, 0.25) is 0 Å². The number of hydrogen-bond acceptors (Lipinski definition) is 3. The van der Waals surface area contributed by atoms with Crippen molar-refractivity contribution in [3.8, 4) is 0 Å². The van der Waals surface area contributed by atoms with E-state index in [0.29, 0.717) is 6.61 Å². The zero-order valence-corrected chi connectivity index (χ0v) is 9.19. The molecule has 2 aliphatic heterocycles. The predicted octanol–water partition coefficient (Wildman–Crippen LogP) is 1.63. The number of ether oxygens (including phenoxy) is 2. The van der Waals surface area contributed by atoms with Gasteiger partial charge < -0.3 is 14.6 Å². The normalized spacial score (nSPS) is 32.9. The Balaban J connectivity index is 1.83. The smallest absolute Gasteiger partial charge is 0.173 e. The molecule has 86 valence electrons. The Morgan fingerprint density at radius 1 is 1.31 bits per heavy atom. The fourth-order valence-electron chi connectivity index (χ4n) is 2.59. The van der Waals surface area contributed by atoms with E-state index in [1.54, 1.807) is 0 Å². The summed E-state index contributed by atoms with van der Waals surface area (Å²) in [5, 5.41) is 9.09. The van der Waals surface area contributed by atoms with Crippen LogP contribution < -0.4 is 0 Å². The number of hydrogen-bond donors (Lipinski definition) is 1. The van der Waals surface area contributed by atoms with E-state index in [4.69, 9.17) is 14.6 Å². The van der Waals surface area contributed by atoms with Crippen LogP contribution in [0, 0.1) is 0 Å². The second-order valence-electron chi connectivity index (χ2n) is 4.61. The Labute approximate surface area is 95.0 Å². The van der Waals surface area contributed by atoms with E-state index in [1.165, 1.54) is 11.1 Å². The Kier molecular flexibility index (Phi) is 2.46. The van der Waals surface area contributed by atoms with Crippen molar-refractivity contribution in [2.45, 2.75) is 37.8 Å². The van der Waals surface area contributed by atoms with Gasteiger partial charge in [0.1, 0.15) is 0 Å². The molecule has 3 heteroatoms. The van der Waals surface area contributed by atoms with E-state index >= 15 is 0 Å². The van der Waals surface area contributed by atoms with Crippen molar-refractivity contribution in [2.75, 3.05) is 6.61 Å². The molecule has 0 saturated carbocycles. The standard InChI is InChI=1S/C13H16O3/c14-8-12-5-6-13(16-12)7-10-3-1-2-4-11(10)9-15-13/h1-4,12,14H,5-9H2/t12-,13-/m0/s1.